The number of aromatic nitrogens is 2. The zero-order chi connectivity index (χ0) is 15.0. The number of aryl methyl sites for hydroxylation is 1. The molecule has 0 atom stereocenters. The molecule has 0 amide bonds. The third-order valence-corrected chi connectivity index (χ3v) is 3.62. The quantitative estimate of drug-likeness (QED) is 0.943. The van der Waals surface area contributed by atoms with Crippen molar-refractivity contribution in [2.75, 3.05) is 19.8 Å². The minimum Gasteiger partial charge on any atom is -0.486 e. The van der Waals surface area contributed by atoms with Crippen LogP contribution in [-0.2, 0) is 12.0 Å². The van der Waals surface area contributed by atoms with E-state index in [1.807, 2.05) is 12.1 Å². The fourth-order valence-corrected chi connectivity index (χ4v) is 2.69. The van der Waals surface area contributed by atoms with E-state index in [0.717, 1.165) is 34.9 Å². The molecular weight excluding hydrogens is 268 g/mol. The average Bonchev–Trinajstić information content (AvgIpc) is 2.80. The normalized spacial score (nSPS) is 14.7. The van der Waals surface area contributed by atoms with Gasteiger partial charge < -0.3 is 19.1 Å². The lowest BCUT2D eigenvalue weighted by atomic mass is 9.95. The highest BCUT2D eigenvalue weighted by Crippen LogP contribution is 2.36. The molecule has 2 aromatic rings. The summed E-state index contributed by atoms with van der Waals surface area (Å²) in [5.41, 5.74) is 1.90. The van der Waals surface area contributed by atoms with Crippen LogP contribution in [0.15, 0.2) is 12.1 Å². The first kappa shape index (κ1) is 14.2. The lowest BCUT2D eigenvalue weighted by molar-refractivity contribution is 0.172. The van der Waals surface area contributed by atoms with E-state index in [0.29, 0.717) is 19.6 Å². The number of rotatable bonds is 3. The number of benzene rings is 1. The molecule has 21 heavy (non-hydrogen) atoms. The molecule has 1 aromatic carbocycles. The van der Waals surface area contributed by atoms with E-state index >= 15 is 0 Å². The summed E-state index contributed by atoms with van der Waals surface area (Å²) >= 11 is 0. The van der Waals surface area contributed by atoms with Crippen LogP contribution >= 0.6 is 0 Å². The predicted octanol–water partition coefficient (Wildman–Crippen LogP) is 2.49. The maximum absolute atomic E-state index is 9.14. The van der Waals surface area contributed by atoms with Crippen LogP contribution in [0.5, 0.6) is 11.5 Å². The number of nitrogens with zero attached hydrogens (tertiary/aromatic N) is 2. The highest BCUT2D eigenvalue weighted by atomic mass is 16.6. The van der Waals surface area contributed by atoms with Crippen LogP contribution in [-0.4, -0.2) is 34.5 Å². The van der Waals surface area contributed by atoms with Gasteiger partial charge in [-0.2, -0.15) is 0 Å². The van der Waals surface area contributed by atoms with Gasteiger partial charge in [-0.25, -0.2) is 4.98 Å². The van der Waals surface area contributed by atoms with Crippen LogP contribution in [0.4, 0.5) is 0 Å². The number of aliphatic hydroxyl groups is 1. The second-order valence-corrected chi connectivity index (χ2v) is 6.40. The third kappa shape index (κ3) is 2.58. The van der Waals surface area contributed by atoms with E-state index in [1.165, 1.54) is 0 Å². The first-order valence-electron chi connectivity index (χ1n) is 7.42. The molecule has 1 aliphatic rings. The minimum absolute atomic E-state index is 0.0588. The van der Waals surface area contributed by atoms with Crippen molar-refractivity contribution in [3.63, 3.8) is 0 Å². The van der Waals surface area contributed by atoms with Gasteiger partial charge in [-0.15, -0.1) is 0 Å². The average molecular weight is 290 g/mol. The number of hydrogen-bond donors (Lipinski definition) is 1. The molecule has 114 valence electrons. The molecule has 0 unspecified atom stereocenters. The highest BCUT2D eigenvalue weighted by molar-refractivity contribution is 5.81. The lowest BCUT2D eigenvalue weighted by Gasteiger charge is -2.20. The summed E-state index contributed by atoms with van der Waals surface area (Å²) in [6, 6.07) is 3.96. The molecule has 0 radical (unpaired) electrons. The zero-order valence-electron chi connectivity index (χ0n) is 12.8. The second-order valence-electron chi connectivity index (χ2n) is 6.40. The lowest BCUT2D eigenvalue weighted by Crippen LogP contribution is -2.19. The Morgan fingerprint density at radius 1 is 1.19 bits per heavy atom. The Labute approximate surface area is 124 Å². The first-order valence-corrected chi connectivity index (χ1v) is 7.42. The summed E-state index contributed by atoms with van der Waals surface area (Å²) in [6.45, 7) is 8.53. The molecule has 0 fully saturated rings. The molecule has 0 bridgehead atoms. The fourth-order valence-electron chi connectivity index (χ4n) is 2.69. The predicted molar refractivity (Wildman–Crippen MR) is 81.1 cm³/mol. The van der Waals surface area contributed by atoms with E-state index in [2.05, 4.69) is 25.3 Å². The van der Waals surface area contributed by atoms with Gasteiger partial charge in [0.05, 0.1) is 11.0 Å². The van der Waals surface area contributed by atoms with Crippen LogP contribution in [0.25, 0.3) is 11.0 Å². The van der Waals surface area contributed by atoms with Crippen molar-refractivity contribution in [3.8, 4) is 11.5 Å². The van der Waals surface area contributed by atoms with Crippen molar-refractivity contribution in [1.82, 2.24) is 9.55 Å². The van der Waals surface area contributed by atoms with E-state index in [4.69, 9.17) is 19.6 Å². The Morgan fingerprint density at radius 2 is 1.86 bits per heavy atom. The van der Waals surface area contributed by atoms with E-state index in [-0.39, 0.29) is 12.0 Å². The summed E-state index contributed by atoms with van der Waals surface area (Å²) in [5.74, 6) is 2.56. The van der Waals surface area contributed by atoms with Gasteiger partial charge in [0, 0.05) is 30.7 Å². The Morgan fingerprint density at radius 3 is 2.48 bits per heavy atom. The van der Waals surface area contributed by atoms with Crippen LogP contribution in [0.1, 0.15) is 33.0 Å². The summed E-state index contributed by atoms with van der Waals surface area (Å²) in [7, 11) is 0. The van der Waals surface area contributed by atoms with Crippen LogP contribution < -0.4 is 9.47 Å². The van der Waals surface area contributed by atoms with E-state index in [1.54, 1.807) is 0 Å². The van der Waals surface area contributed by atoms with Crippen molar-refractivity contribution in [3.05, 3.63) is 18.0 Å². The van der Waals surface area contributed by atoms with Gasteiger partial charge in [0.1, 0.15) is 19.0 Å². The summed E-state index contributed by atoms with van der Waals surface area (Å²) in [4.78, 5) is 4.79. The molecule has 3 rings (SSSR count). The monoisotopic (exact) mass is 290 g/mol. The third-order valence-electron chi connectivity index (χ3n) is 3.62. The molecule has 1 aliphatic heterocycles. The van der Waals surface area contributed by atoms with Crippen molar-refractivity contribution >= 4 is 11.0 Å². The molecule has 0 saturated heterocycles. The van der Waals surface area contributed by atoms with Gasteiger partial charge in [0.15, 0.2) is 11.5 Å². The first-order chi connectivity index (χ1) is 10.0. The number of ether oxygens (including phenoxy) is 2. The fraction of sp³-hybridized carbons (Fsp3) is 0.562. The summed E-state index contributed by atoms with van der Waals surface area (Å²) in [6.07, 6.45) is 0.711. The van der Waals surface area contributed by atoms with Gasteiger partial charge >= 0.3 is 0 Å². The topological polar surface area (TPSA) is 56.5 Å². The maximum Gasteiger partial charge on any atom is 0.163 e. The van der Waals surface area contributed by atoms with Crippen LogP contribution in [0.2, 0.25) is 0 Å². The van der Waals surface area contributed by atoms with Gasteiger partial charge in [0.2, 0.25) is 0 Å². The molecule has 0 spiro atoms. The molecule has 1 aromatic heterocycles. The molecular formula is C16H22N2O3. The highest BCUT2D eigenvalue weighted by Gasteiger charge is 2.24. The number of aliphatic hydroxyl groups excluding tert-OH is 1. The van der Waals surface area contributed by atoms with Crippen molar-refractivity contribution in [2.45, 2.75) is 39.2 Å². The molecule has 1 N–H and O–H groups in total. The van der Waals surface area contributed by atoms with Crippen molar-refractivity contribution in [2.24, 2.45) is 0 Å². The molecule has 0 aliphatic carbocycles. The maximum atomic E-state index is 9.14. The Kier molecular flexibility index (Phi) is 3.53. The van der Waals surface area contributed by atoms with Crippen LogP contribution in [0, 0.1) is 0 Å². The number of hydrogen-bond acceptors (Lipinski definition) is 4. The molecule has 2 heterocycles. The Balaban J connectivity index is 2.17. The van der Waals surface area contributed by atoms with Gasteiger partial charge in [-0.3, -0.25) is 0 Å². The standard InChI is InChI=1S/C16H22N2O3/c1-16(2,3)15-17-11-9-13-14(21-8-7-20-13)10-12(11)18(15)5-4-6-19/h9-10,19H,4-8H2,1-3H3. The second kappa shape index (κ2) is 5.22. The molecule has 5 nitrogen and oxygen atoms in total. The van der Waals surface area contributed by atoms with E-state index in [9.17, 15) is 0 Å². The Bertz CT molecular complexity index is 656. The number of fused-ring (bicyclic) bond motifs is 2. The minimum atomic E-state index is -0.0588. The largest absolute Gasteiger partial charge is 0.486 e. The zero-order valence-corrected chi connectivity index (χ0v) is 12.8. The van der Waals surface area contributed by atoms with Gasteiger partial charge in [0.25, 0.3) is 0 Å². The Hall–Kier alpha value is -1.75. The van der Waals surface area contributed by atoms with E-state index < -0.39 is 0 Å². The van der Waals surface area contributed by atoms with Gasteiger partial charge in [-0.05, 0) is 6.42 Å². The van der Waals surface area contributed by atoms with Crippen molar-refractivity contribution in [1.29, 1.82) is 0 Å². The SMILES string of the molecule is CC(C)(C)c1nc2cc3c(cc2n1CCCO)OCCO3. The van der Waals surface area contributed by atoms with Crippen molar-refractivity contribution < 1.29 is 14.6 Å². The molecule has 0 saturated carbocycles. The van der Waals surface area contributed by atoms with Crippen LogP contribution in [0.3, 0.4) is 0 Å². The summed E-state index contributed by atoms with van der Waals surface area (Å²) < 4.78 is 13.5. The van der Waals surface area contributed by atoms with Gasteiger partial charge in [-0.1, -0.05) is 20.8 Å². The number of imidazole rings is 1. The molecule has 5 heteroatoms. The summed E-state index contributed by atoms with van der Waals surface area (Å²) in [5, 5.41) is 9.14. The smallest absolute Gasteiger partial charge is 0.163 e.